The summed E-state index contributed by atoms with van der Waals surface area (Å²) in [5, 5.41) is 0. The topological polar surface area (TPSA) is 43.4 Å². The molecule has 82 valence electrons. The molecule has 0 radical (unpaired) electrons. The van der Waals surface area contributed by atoms with Crippen LogP contribution in [0, 0.1) is 5.92 Å². The Labute approximate surface area is 89.5 Å². The summed E-state index contributed by atoms with van der Waals surface area (Å²) in [6.45, 7) is 1.35. The van der Waals surface area contributed by atoms with Crippen molar-refractivity contribution >= 4 is 11.8 Å². The average Bonchev–Trinajstić information content (AvgIpc) is 2.22. The highest BCUT2D eigenvalue weighted by atomic mass is 16.5. The van der Waals surface area contributed by atoms with Crippen molar-refractivity contribution in [3.63, 3.8) is 0 Å². The quantitative estimate of drug-likeness (QED) is 0.621. The van der Waals surface area contributed by atoms with Crippen LogP contribution in [0.5, 0.6) is 0 Å². The van der Waals surface area contributed by atoms with E-state index in [9.17, 15) is 9.59 Å². The molecule has 2 rings (SSSR count). The van der Waals surface area contributed by atoms with Crippen LogP contribution >= 0.6 is 0 Å². The Morgan fingerprint density at radius 3 is 2.80 bits per heavy atom. The molecular weight excluding hydrogens is 192 g/mol. The molecule has 15 heavy (non-hydrogen) atoms. The first-order valence-electron chi connectivity index (χ1n) is 5.63. The smallest absolute Gasteiger partial charge is 0.308 e. The van der Waals surface area contributed by atoms with Crippen LogP contribution in [-0.4, -0.2) is 11.8 Å². The number of ketones is 1. The lowest BCUT2D eigenvalue weighted by atomic mass is 9.76. The van der Waals surface area contributed by atoms with Crippen molar-refractivity contribution in [2.24, 2.45) is 5.92 Å². The van der Waals surface area contributed by atoms with Gasteiger partial charge in [0, 0.05) is 13.3 Å². The van der Waals surface area contributed by atoms with Gasteiger partial charge in [-0.3, -0.25) is 9.59 Å². The molecule has 1 fully saturated rings. The Hall–Kier alpha value is -1.12. The molecule has 0 aromatic heterocycles. The van der Waals surface area contributed by atoms with Crippen LogP contribution in [0.3, 0.4) is 0 Å². The first kappa shape index (κ1) is 10.4. The molecule has 0 bridgehead atoms. The molecule has 3 heteroatoms. The van der Waals surface area contributed by atoms with E-state index in [2.05, 4.69) is 0 Å². The monoisotopic (exact) mass is 208 g/mol. The van der Waals surface area contributed by atoms with Crippen molar-refractivity contribution in [3.8, 4) is 0 Å². The highest BCUT2D eigenvalue weighted by molar-refractivity contribution is 5.97. The molecule has 0 saturated heterocycles. The van der Waals surface area contributed by atoms with Crippen molar-refractivity contribution in [3.05, 3.63) is 11.3 Å². The Bertz CT molecular complexity index is 328. The Morgan fingerprint density at radius 1 is 1.27 bits per heavy atom. The molecule has 2 aliphatic rings. The summed E-state index contributed by atoms with van der Waals surface area (Å²) in [6, 6.07) is 0. The second kappa shape index (κ2) is 4.17. The van der Waals surface area contributed by atoms with Gasteiger partial charge in [0.25, 0.3) is 0 Å². The van der Waals surface area contributed by atoms with Crippen LogP contribution in [0.15, 0.2) is 11.3 Å². The molecule has 3 nitrogen and oxygen atoms in total. The van der Waals surface area contributed by atoms with E-state index >= 15 is 0 Å². The van der Waals surface area contributed by atoms with Gasteiger partial charge in [-0.1, -0.05) is 6.42 Å². The molecule has 0 aromatic carbocycles. The van der Waals surface area contributed by atoms with Gasteiger partial charge in [-0.25, -0.2) is 0 Å². The summed E-state index contributed by atoms with van der Waals surface area (Å²) < 4.78 is 5.06. The van der Waals surface area contributed by atoms with Gasteiger partial charge in [-0.15, -0.1) is 0 Å². The first-order valence-corrected chi connectivity index (χ1v) is 5.63. The number of carbonyl (C=O) groups is 2. The van der Waals surface area contributed by atoms with Gasteiger partial charge in [-0.05, 0) is 37.2 Å². The molecule has 1 saturated carbocycles. The number of rotatable bonds is 1. The van der Waals surface area contributed by atoms with Gasteiger partial charge in [0.2, 0.25) is 0 Å². The molecule has 1 unspecified atom stereocenters. The van der Waals surface area contributed by atoms with E-state index in [1.54, 1.807) is 0 Å². The Kier molecular flexibility index (Phi) is 2.89. The average molecular weight is 208 g/mol. The van der Waals surface area contributed by atoms with Crippen molar-refractivity contribution in [2.45, 2.75) is 45.4 Å². The fourth-order valence-electron chi connectivity index (χ4n) is 2.57. The summed E-state index contributed by atoms with van der Waals surface area (Å²) in [7, 11) is 0. The summed E-state index contributed by atoms with van der Waals surface area (Å²) in [6.07, 6.45) is 5.90. The van der Waals surface area contributed by atoms with E-state index in [-0.39, 0.29) is 11.8 Å². The van der Waals surface area contributed by atoms with E-state index in [4.69, 9.17) is 4.74 Å². The number of carbonyl (C=O) groups excluding carboxylic acids is 2. The van der Waals surface area contributed by atoms with Crippen LogP contribution in [0.25, 0.3) is 0 Å². The minimum absolute atomic E-state index is 0.0124. The van der Waals surface area contributed by atoms with Crippen LogP contribution in [0.4, 0.5) is 0 Å². The van der Waals surface area contributed by atoms with Crippen molar-refractivity contribution in [1.82, 2.24) is 0 Å². The second-order valence-corrected chi connectivity index (χ2v) is 4.35. The lowest BCUT2D eigenvalue weighted by Gasteiger charge is -2.30. The van der Waals surface area contributed by atoms with Crippen molar-refractivity contribution < 1.29 is 14.3 Å². The second-order valence-electron chi connectivity index (χ2n) is 4.35. The zero-order valence-electron chi connectivity index (χ0n) is 9.04. The maximum Gasteiger partial charge on any atom is 0.308 e. The lowest BCUT2D eigenvalue weighted by molar-refractivity contribution is -0.141. The van der Waals surface area contributed by atoms with Crippen LogP contribution in [0.1, 0.15) is 45.4 Å². The summed E-state index contributed by atoms with van der Waals surface area (Å²) in [5.74, 6) is 0.500. The molecule has 0 N–H and O–H groups in total. The highest BCUT2D eigenvalue weighted by Gasteiger charge is 2.31. The normalized spacial score (nSPS) is 26.2. The van der Waals surface area contributed by atoms with Crippen LogP contribution in [-0.2, 0) is 14.3 Å². The minimum Gasteiger partial charge on any atom is -0.423 e. The molecule has 0 amide bonds. The number of hydrogen-bond donors (Lipinski definition) is 0. The predicted molar refractivity (Wildman–Crippen MR) is 55.0 cm³/mol. The number of hydrogen-bond acceptors (Lipinski definition) is 3. The highest BCUT2D eigenvalue weighted by Crippen LogP contribution is 2.38. The summed E-state index contributed by atoms with van der Waals surface area (Å²) in [5.41, 5.74) is 1.10. The van der Waals surface area contributed by atoms with Crippen LogP contribution < -0.4 is 0 Å². The minimum atomic E-state index is -0.378. The number of fused-ring (bicyclic) bond motifs is 1. The van der Waals surface area contributed by atoms with E-state index in [0.717, 1.165) is 31.3 Å². The lowest BCUT2D eigenvalue weighted by Crippen LogP contribution is -2.24. The van der Waals surface area contributed by atoms with E-state index < -0.39 is 0 Å². The number of esters is 1. The maximum absolute atomic E-state index is 11.6. The standard InChI is InChI=1S/C12H16O3/c1-8(13)15-12-10-5-3-2-4-9(10)6-7-11(12)14/h9H,2-7H2,1H3. The number of allylic oxidation sites excluding steroid dienone is 2. The third kappa shape index (κ3) is 2.11. The fourth-order valence-corrected chi connectivity index (χ4v) is 2.57. The van der Waals surface area contributed by atoms with Gasteiger partial charge in [-0.2, -0.15) is 0 Å². The molecular formula is C12H16O3. The molecule has 2 aliphatic carbocycles. The molecule has 0 heterocycles. The van der Waals surface area contributed by atoms with Gasteiger partial charge >= 0.3 is 5.97 Å². The Balaban J connectivity index is 2.28. The third-order valence-electron chi connectivity index (χ3n) is 3.25. The molecule has 0 aliphatic heterocycles. The van der Waals surface area contributed by atoms with Crippen molar-refractivity contribution in [2.75, 3.05) is 0 Å². The van der Waals surface area contributed by atoms with Gasteiger partial charge in [0.1, 0.15) is 0 Å². The van der Waals surface area contributed by atoms with Gasteiger partial charge < -0.3 is 4.74 Å². The first-order chi connectivity index (χ1) is 7.18. The van der Waals surface area contributed by atoms with Crippen LogP contribution in [0.2, 0.25) is 0 Å². The van der Waals surface area contributed by atoms with Gasteiger partial charge in [0.05, 0.1) is 0 Å². The molecule has 0 aromatic rings. The number of Topliss-reactive ketones (excluding diaryl/α,β-unsaturated/α-hetero) is 1. The van der Waals surface area contributed by atoms with Crippen molar-refractivity contribution in [1.29, 1.82) is 0 Å². The zero-order chi connectivity index (χ0) is 10.8. The summed E-state index contributed by atoms with van der Waals surface area (Å²) in [4.78, 5) is 22.6. The SMILES string of the molecule is CC(=O)OC1=C2CCCCC2CCC1=O. The zero-order valence-corrected chi connectivity index (χ0v) is 9.04. The fraction of sp³-hybridized carbons (Fsp3) is 0.667. The Morgan fingerprint density at radius 2 is 2.07 bits per heavy atom. The maximum atomic E-state index is 11.6. The number of ether oxygens (including phenoxy) is 1. The third-order valence-corrected chi connectivity index (χ3v) is 3.25. The largest absolute Gasteiger partial charge is 0.423 e. The summed E-state index contributed by atoms with van der Waals surface area (Å²) >= 11 is 0. The van der Waals surface area contributed by atoms with E-state index in [0.29, 0.717) is 18.1 Å². The van der Waals surface area contributed by atoms with E-state index in [1.807, 2.05) is 0 Å². The van der Waals surface area contributed by atoms with E-state index in [1.165, 1.54) is 13.3 Å². The van der Waals surface area contributed by atoms with Gasteiger partial charge in [0.15, 0.2) is 11.5 Å². The molecule has 0 spiro atoms. The molecule has 1 atom stereocenters. The predicted octanol–water partition coefficient (Wildman–Crippen LogP) is 2.36.